The monoisotopic (exact) mass is 271 g/mol. The first-order valence-corrected chi connectivity index (χ1v) is 6.88. The fourth-order valence-corrected chi connectivity index (χ4v) is 2.80. The summed E-state index contributed by atoms with van der Waals surface area (Å²) in [7, 11) is 0. The van der Waals surface area contributed by atoms with Crippen LogP contribution < -0.4 is 0 Å². The van der Waals surface area contributed by atoms with Crippen LogP contribution in [-0.2, 0) is 12.7 Å². The van der Waals surface area contributed by atoms with E-state index in [4.69, 9.17) is 0 Å². The summed E-state index contributed by atoms with van der Waals surface area (Å²) in [6, 6.07) is 5.91. The summed E-state index contributed by atoms with van der Waals surface area (Å²) in [5.41, 5.74) is -0.0969. The summed E-state index contributed by atoms with van der Waals surface area (Å²) >= 11 is 0. The van der Waals surface area contributed by atoms with Gasteiger partial charge in [0.1, 0.15) is 0 Å². The Kier molecular flexibility index (Phi) is 4.50. The van der Waals surface area contributed by atoms with Gasteiger partial charge in [0, 0.05) is 13.1 Å². The molecule has 0 amide bonds. The molecule has 1 heterocycles. The zero-order chi connectivity index (χ0) is 13.9. The Bertz CT molecular complexity index is 414. The maximum absolute atomic E-state index is 12.9. The van der Waals surface area contributed by atoms with Gasteiger partial charge in [-0.1, -0.05) is 31.5 Å². The summed E-state index contributed by atoms with van der Waals surface area (Å²) in [6.45, 7) is 4.38. The topological polar surface area (TPSA) is 3.24 Å². The second-order valence-electron chi connectivity index (χ2n) is 5.31. The van der Waals surface area contributed by atoms with E-state index in [-0.39, 0.29) is 0 Å². The Balaban J connectivity index is 2.11. The minimum atomic E-state index is -4.25. The van der Waals surface area contributed by atoms with Crippen LogP contribution in [0.25, 0.3) is 0 Å². The molecule has 0 bridgehead atoms. The van der Waals surface area contributed by atoms with E-state index in [1.54, 1.807) is 12.1 Å². The minimum Gasteiger partial charge on any atom is -0.299 e. The summed E-state index contributed by atoms with van der Waals surface area (Å²) in [5, 5.41) is 0. The van der Waals surface area contributed by atoms with E-state index >= 15 is 0 Å². The number of piperidine rings is 1. The van der Waals surface area contributed by atoms with Crippen molar-refractivity contribution >= 4 is 0 Å². The standard InChI is InChI=1S/C15H20F3N/c1-2-12-6-5-9-19(10-12)11-13-7-3-4-8-14(13)15(16,17)18/h3-4,7-8,12H,2,5-6,9-11H2,1H3. The van der Waals surface area contributed by atoms with Crippen LogP contribution in [0.1, 0.15) is 37.3 Å². The van der Waals surface area contributed by atoms with Crippen molar-refractivity contribution in [3.8, 4) is 0 Å². The summed E-state index contributed by atoms with van der Waals surface area (Å²) in [4.78, 5) is 2.16. The van der Waals surface area contributed by atoms with Gasteiger partial charge in [-0.2, -0.15) is 13.2 Å². The predicted octanol–water partition coefficient (Wildman–Crippen LogP) is 4.33. The lowest BCUT2D eigenvalue weighted by Gasteiger charge is -2.32. The van der Waals surface area contributed by atoms with E-state index in [2.05, 4.69) is 11.8 Å². The first kappa shape index (κ1) is 14.4. The molecule has 2 rings (SSSR count). The van der Waals surface area contributed by atoms with Crippen molar-refractivity contribution in [2.75, 3.05) is 13.1 Å². The lowest BCUT2D eigenvalue weighted by molar-refractivity contribution is -0.138. The molecule has 1 aliphatic heterocycles. The number of benzene rings is 1. The fraction of sp³-hybridized carbons (Fsp3) is 0.600. The number of alkyl halides is 3. The van der Waals surface area contributed by atoms with Crippen molar-refractivity contribution in [1.82, 2.24) is 4.90 Å². The second-order valence-corrected chi connectivity index (χ2v) is 5.31. The van der Waals surface area contributed by atoms with E-state index in [0.29, 0.717) is 18.0 Å². The molecular weight excluding hydrogens is 251 g/mol. The van der Waals surface area contributed by atoms with Crippen LogP contribution in [0.4, 0.5) is 13.2 Å². The van der Waals surface area contributed by atoms with Crippen molar-refractivity contribution in [2.24, 2.45) is 5.92 Å². The van der Waals surface area contributed by atoms with Crippen LogP contribution in [0.3, 0.4) is 0 Å². The molecular formula is C15H20F3N. The van der Waals surface area contributed by atoms with Crippen LogP contribution in [0.5, 0.6) is 0 Å². The van der Waals surface area contributed by atoms with Gasteiger partial charge in [-0.05, 0) is 36.9 Å². The zero-order valence-electron chi connectivity index (χ0n) is 11.2. The smallest absolute Gasteiger partial charge is 0.299 e. The Morgan fingerprint density at radius 3 is 2.68 bits per heavy atom. The van der Waals surface area contributed by atoms with Gasteiger partial charge >= 0.3 is 6.18 Å². The third kappa shape index (κ3) is 3.72. The molecule has 1 saturated heterocycles. The molecule has 19 heavy (non-hydrogen) atoms. The molecule has 1 atom stereocenters. The van der Waals surface area contributed by atoms with Gasteiger partial charge in [0.05, 0.1) is 5.56 Å². The largest absolute Gasteiger partial charge is 0.416 e. The van der Waals surface area contributed by atoms with Gasteiger partial charge in [-0.25, -0.2) is 0 Å². The van der Waals surface area contributed by atoms with Crippen molar-refractivity contribution in [3.05, 3.63) is 35.4 Å². The first-order valence-electron chi connectivity index (χ1n) is 6.88. The molecule has 0 saturated carbocycles. The Morgan fingerprint density at radius 1 is 1.26 bits per heavy atom. The predicted molar refractivity (Wildman–Crippen MR) is 69.7 cm³/mol. The average molecular weight is 271 g/mol. The maximum Gasteiger partial charge on any atom is 0.416 e. The summed E-state index contributed by atoms with van der Waals surface area (Å²) < 4.78 is 38.8. The highest BCUT2D eigenvalue weighted by Gasteiger charge is 2.33. The van der Waals surface area contributed by atoms with Gasteiger partial charge in [0.15, 0.2) is 0 Å². The molecule has 0 N–H and O–H groups in total. The maximum atomic E-state index is 12.9. The highest BCUT2D eigenvalue weighted by Crippen LogP contribution is 2.33. The van der Waals surface area contributed by atoms with E-state index in [1.165, 1.54) is 18.6 Å². The van der Waals surface area contributed by atoms with Crippen LogP contribution in [-0.4, -0.2) is 18.0 Å². The Hall–Kier alpha value is -1.03. The SMILES string of the molecule is CCC1CCCN(Cc2ccccc2C(F)(F)F)C1. The van der Waals surface area contributed by atoms with Crippen molar-refractivity contribution in [3.63, 3.8) is 0 Å². The fourth-order valence-electron chi connectivity index (χ4n) is 2.80. The molecule has 1 aromatic rings. The molecule has 0 aromatic heterocycles. The minimum absolute atomic E-state index is 0.395. The number of rotatable bonds is 3. The van der Waals surface area contributed by atoms with Gasteiger partial charge < -0.3 is 0 Å². The van der Waals surface area contributed by atoms with Crippen LogP contribution in [0, 0.1) is 5.92 Å². The molecule has 1 unspecified atom stereocenters. The van der Waals surface area contributed by atoms with Gasteiger partial charge in [-0.15, -0.1) is 0 Å². The molecule has 106 valence electrons. The molecule has 1 fully saturated rings. The lowest BCUT2D eigenvalue weighted by atomic mass is 9.95. The molecule has 1 aromatic carbocycles. The van der Waals surface area contributed by atoms with Gasteiger partial charge in [0.2, 0.25) is 0 Å². The summed E-state index contributed by atoms with van der Waals surface area (Å²) in [5.74, 6) is 0.631. The number of hydrogen-bond donors (Lipinski definition) is 0. The molecule has 0 radical (unpaired) electrons. The highest BCUT2D eigenvalue weighted by atomic mass is 19.4. The van der Waals surface area contributed by atoms with Crippen molar-refractivity contribution in [2.45, 2.75) is 38.9 Å². The van der Waals surface area contributed by atoms with E-state index in [1.807, 2.05) is 0 Å². The first-order chi connectivity index (χ1) is 9.00. The second kappa shape index (κ2) is 5.95. The quantitative estimate of drug-likeness (QED) is 0.791. The number of likely N-dealkylation sites (tertiary alicyclic amines) is 1. The third-order valence-corrected chi connectivity index (χ3v) is 3.90. The van der Waals surface area contributed by atoms with E-state index in [9.17, 15) is 13.2 Å². The van der Waals surface area contributed by atoms with Gasteiger partial charge in [0.25, 0.3) is 0 Å². The van der Waals surface area contributed by atoms with Crippen LogP contribution >= 0.6 is 0 Å². The number of halogens is 3. The lowest BCUT2D eigenvalue weighted by Crippen LogP contribution is -2.35. The van der Waals surface area contributed by atoms with E-state index in [0.717, 1.165) is 25.9 Å². The molecule has 0 aliphatic carbocycles. The van der Waals surface area contributed by atoms with Crippen LogP contribution in [0.2, 0.25) is 0 Å². The van der Waals surface area contributed by atoms with E-state index < -0.39 is 11.7 Å². The highest BCUT2D eigenvalue weighted by molar-refractivity contribution is 5.29. The number of hydrogen-bond acceptors (Lipinski definition) is 1. The third-order valence-electron chi connectivity index (χ3n) is 3.90. The number of nitrogens with zero attached hydrogens (tertiary/aromatic N) is 1. The average Bonchev–Trinajstić information content (AvgIpc) is 2.38. The van der Waals surface area contributed by atoms with Crippen molar-refractivity contribution < 1.29 is 13.2 Å². The molecule has 1 nitrogen and oxygen atoms in total. The normalized spacial score (nSPS) is 21.6. The molecule has 4 heteroatoms. The Morgan fingerprint density at radius 2 is 2.00 bits per heavy atom. The van der Waals surface area contributed by atoms with Crippen LogP contribution in [0.15, 0.2) is 24.3 Å². The zero-order valence-corrected chi connectivity index (χ0v) is 11.2. The Labute approximate surface area is 112 Å². The molecule has 1 aliphatic rings. The summed E-state index contributed by atoms with van der Waals surface area (Å²) in [6.07, 6.45) is -0.853. The van der Waals surface area contributed by atoms with Crippen molar-refractivity contribution in [1.29, 1.82) is 0 Å². The van der Waals surface area contributed by atoms with Gasteiger partial charge in [-0.3, -0.25) is 4.90 Å². The molecule has 0 spiro atoms.